The van der Waals surface area contributed by atoms with E-state index in [0.29, 0.717) is 12.4 Å². The van der Waals surface area contributed by atoms with Gasteiger partial charge in [-0.25, -0.2) is 0 Å². The highest BCUT2D eigenvalue weighted by molar-refractivity contribution is 6.19. The minimum absolute atomic E-state index is 0.00910. The molecule has 2 aromatic carbocycles. The Hall–Kier alpha value is -1.74. The molecule has 0 aromatic heterocycles. The van der Waals surface area contributed by atoms with Crippen LogP contribution >= 0.6 is 11.6 Å². The van der Waals surface area contributed by atoms with Crippen molar-refractivity contribution < 1.29 is 9.90 Å². The number of carbonyl (C=O) groups is 1. The van der Waals surface area contributed by atoms with E-state index in [4.69, 9.17) is 11.6 Å². The number of phenolic OH excluding ortho intramolecular Hbond substituents is 1. The van der Waals surface area contributed by atoms with Crippen molar-refractivity contribution in [3.8, 4) is 5.75 Å². The van der Waals surface area contributed by atoms with E-state index < -0.39 is 0 Å². The minimum atomic E-state index is -0.0245. The van der Waals surface area contributed by atoms with Crippen molar-refractivity contribution in [1.82, 2.24) is 0 Å². The topological polar surface area (TPSA) is 40.5 Å². The van der Waals surface area contributed by atoms with E-state index in [1.165, 1.54) is 6.92 Å². The third-order valence-corrected chi connectivity index (χ3v) is 4.08. The highest BCUT2D eigenvalue weighted by atomic mass is 35.5. The number of halogens is 1. The summed E-state index contributed by atoms with van der Waals surface area (Å²) in [6, 6.07) is 9.58. The zero-order valence-corrected chi connectivity index (χ0v) is 11.3. The van der Waals surface area contributed by atoms with Gasteiger partial charge in [0.2, 0.25) is 5.91 Å². The number of phenols is 1. The molecule has 1 N–H and O–H groups in total. The molecule has 0 bridgehead atoms. The molecule has 0 fully saturated rings. The van der Waals surface area contributed by atoms with Crippen LogP contribution in [0.15, 0.2) is 30.3 Å². The van der Waals surface area contributed by atoms with Crippen molar-refractivity contribution in [3.63, 3.8) is 0 Å². The van der Waals surface area contributed by atoms with Crippen molar-refractivity contribution in [1.29, 1.82) is 0 Å². The first kappa shape index (κ1) is 12.3. The Morgan fingerprint density at radius 2 is 2.21 bits per heavy atom. The van der Waals surface area contributed by atoms with Crippen molar-refractivity contribution in [2.75, 3.05) is 17.3 Å². The first-order chi connectivity index (χ1) is 9.13. The summed E-state index contributed by atoms with van der Waals surface area (Å²) in [7, 11) is 0. The normalized spacial score (nSPS) is 17.8. The lowest BCUT2D eigenvalue weighted by Crippen LogP contribution is -2.27. The predicted molar refractivity (Wildman–Crippen MR) is 77.1 cm³/mol. The molecule has 1 unspecified atom stereocenters. The Morgan fingerprint density at radius 1 is 1.47 bits per heavy atom. The maximum Gasteiger partial charge on any atom is 0.223 e. The summed E-state index contributed by atoms with van der Waals surface area (Å²) in [4.78, 5) is 13.4. The fourth-order valence-electron chi connectivity index (χ4n) is 2.79. The summed E-state index contributed by atoms with van der Waals surface area (Å²) in [6.45, 7) is 2.07. The molecule has 98 valence electrons. The molecule has 1 aliphatic rings. The van der Waals surface area contributed by atoms with E-state index in [-0.39, 0.29) is 17.6 Å². The fraction of sp³-hybridized carbons (Fsp3) is 0.267. The average Bonchev–Trinajstić information content (AvgIpc) is 2.78. The van der Waals surface area contributed by atoms with Crippen LogP contribution in [0.25, 0.3) is 10.8 Å². The number of hydrogen-bond acceptors (Lipinski definition) is 2. The molecule has 0 spiro atoms. The molecule has 1 amide bonds. The minimum Gasteiger partial charge on any atom is -0.507 e. The third-order valence-electron chi connectivity index (χ3n) is 3.71. The van der Waals surface area contributed by atoms with Gasteiger partial charge in [0.1, 0.15) is 5.75 Å². The molecule has 19 heavy (non-hydrogen) atoms. The van der Waals surface area contributed by atoms with E-state index in [1.54, 1.807) is 4.90 Å². The molecule has 4 heteroatoms. The molecule has 0 aliphatic carbocycles. The zero-order chi connectivity index (χ0) is 13.6. The lowest BCUT2D eigenvalue weighted by molar-refractivity contribution is -0.116. The van der Waals surface area contributed by atoms with Gasteiger partial charge in [-0.2, -0.15) is 0 Å². The summed E-state index contributed by atoms with van der Waals surface area (Å²) in [5, 5.41) is 12.2. The molecule has 0 saturated carbocycles. The van der Waals surface area contributed by atoms with Crippen LogP contribution in [-0.2, 0) is 4.79 Å². The molecule has 1 heterocycles. The average molecular weight is 276 g/mol. The summed E-state index contributed by atoms with van der Waals surface area (Å²) in [6.07, 6.45) is 0. The molecule has 1 atom stereocenters. The number of benzene rings is 2. The van der Waals surface area contributed by atoms with E-state index in [1.807, 2.05) is 30.3 Å². The molecular formula is C15H14ClNO2. The lowest BCUT2D eigenvalue weighted by atomic mass is 9.97. The standard InChI is InChI=1S/C15H14ClNO2/c1-9(18)17-8-11(7-16)14-13(17)6-10-4-2-3-5-12(10)15(14)19/h2-6,11,19H,7-8H2,1H3. The summed E-state index contributed by atoms with van der Waals surface area (Å²) in [5.41, 5.74) is 1.58. The van der Waals surface area contributed by atoms with Crippen molar-refractivity contribution in [2.24, 2.45) is 0 Å². The van der Waals surface area contributed by atoms with Crippen molar-refractivity contribution in [3.05, 3.63) is 35.9 Å². The van der Waals surface area contributed by atoms with Gasteiger partial charge in [0.25, 0.3) is 0 Å². The van der Waals surface area contributed by atoms with Crippen molar-refractivity contribution in [2.45, 2.75) is 12.8 Å². The number of aromatic hydroxyl groups is 1. The molecule has 1 aliphatic heterocycles. The molecule has 0 radical (unpaired) electrons. The maximum absolute atomic E-state index is 11.7. The summed E-state index contributed by atoms with van der Waals surface area (Å²) >= 11 is 5.98. The molecule has 3 rings (SSSR count). The van der Waals surface area contributed by atoms with Gasteiger partial charge in [0.05, 0.1) is 5.69 Å². The Bertz CT molecular complexity index is 668. The van der Waals surface area contributed by atoms with Crippen LogP contribution in [0.1, 0.15) is 18.4 Å². The van der Waals surface area contributed by atoms with E-state index in [2.05, 4.69) is 0 Å². The maximum atomic E-state index is 11.7. The van der Waals surface area contributed by atoms with Gasteiger partial charge < -0.3 is 10.0 Å². The van der Waals surface area contributed by atoms with E-state index in [0.717, 1.165) is 22.0 Å². The number of amides is 1. The number of rotatable bonds is 1. The number of anilines is 1. The first-order valence-corrected chi connectivity index (χ1v) is 6.75. The van der Waals surface area contributed by atoms with Gasteiger partial charge >= 0.3 is 0 Å². The van der Waals surface area contributed by atoms with Gasteiger partial charge in [-0.3, -0.25) is 4.79 Å². The second kappa shape index (κ2) is 4.42. The van der Waals surface area contributed by atoms with Gasteiger partial charge in [-0.1, -0.05) is 24.3 Å². The Kier molecular flexibility index (Phi) is 2.86. The Balaban J connectivity index is 2.31. The van der Waals surface area contributed by atoms with Gasteiger partial charge in [0, 0.05) is 36.2 Å². The SMILES string of the molecule is CC(=O)N1CC(CCl)c2c1cc1ccccc1c2O. The van der Waals surface area contributed by atoms with Gasteiger partial charge in [-0.15, -0.1) is 11.6 Å². The van der Waals surface area contributed by atoms with E-state index >= 15 is 0 Å². The van der Waals surface area contributed by atoms with Gasteiger partial charge in [0.15, 0.2) is 0 Å². The number of nitrogens with zero attached hydrogens (tertiary/aromatic N) is 1. The van der Waals surface area contributed by atoms with Crippen LogP contribution in [0.3, 0.4) is 0 Å². The second-order valence-corrected chi connectivity index (χ2v) is 5.17. The monoisotopic (exact) mass is 275 g/mol. The smallest absolute Gasteiger partial charge is 0.223 e. The van der Waals surface area contributed by atoms with Crippen LogP contribution in [0.2, 0.25) is 0 Å². The van der Waals surface area contributed by atoms with Crippen LogP contribution in [0, 0.1) is 0 Å². The highest BCUT2D eigenvalue weighted by Crippen LogP contribution is 2.46. The lowest BCUT2D eigenvalue weighted by Gasteiger charge is -2.15. The predicted octanol–water partition coefficient (Wildman–Crippen LogP) is 3.23. The van der Waals surface area contributed by atoms with Crippen molar-refractivity contribution >= 4 is 34.0 Å². The number of alkyl halides is 1. The van der Waals surface area contributed by atoms with Gasteiger partial charge in [-0.05, 0) is 11.5 Å². The molecule has 3 nitrogen and oxygen atoms in total. The number of carbonyl (C=O) groups excluding carboxylic acids is 1. The fourth-order valence-corrected chi connectivity index (χ4v) is 3.04. The summed E-state index contributed by atoms with van der Waals surface area (Å²) < 4.78 is 0. The third kappa shape index (κ3) is 1.77. The number of fused-ring (bicyclic) bond motifs is 2. The second-order valence-electron chi connectivity index (χ2n) is 4.86. The Labute approximate surface area is 116 Å². The molecule has 2 aromatic rings. The summed E-state index contributed by atoms with van der Waals surface area (Å²) in [5.74, 6) is 0.610. The molecule has 0 saturated heterocycles. The van der Waals surface area contributed by atoms with Crippen LogP contribution in [0.4, 0.5) is 5.69 Å². The largest absolute Gasteiger partial charge is 0.507 e. The Morgan fingerprint density at radius 3 is 2.89 bits per heavy atom. The quantitative estimate of drug-likeness (QED) is 0.812. The highest BCUT2D eigenvalue weighted by Gasteiger charge is 2.33. The first-order valence-electron chi connectivity index (χ1n) is 6.22. The zero-order valence-electron chi connectivity index (χ0n) is 10.6. The number of hydrogen-bond donors (Lipinski definition) is 1. The molecular weight excluding hydrogens is 262 g/mol. The van der Waals surface area contributed by atoms with Crippen LogP contribution in [-0.4, -0.2) is 23.4 Å². The van der Waals surface area contributed by atoms with Crippen LogP contribution < -0.4 is 4.90 Å². The van der Waals surface area contributed by atoms with E-state index in [9.17, 15) is 9.90 Å². The van der Waals surface area contributed by atoms with Crippen LogP contribution in [0.5, 0.6) is 5.75 Å².